The van der Waals surface area contributed by atoms with Crippen molar-refractivity contribution in [2.75, 3.05) is 20.1 Å². The van der Waals surface area contributed by atoms with Gasteiger partial charge in [0.15, 0.2) is 0 Å². The van der Waals surface area contributed by atoms with Crippen LogP contribution in [0.15, 0.2) is 0 Å². The summed E-state index contributed by atoms with van der Waals surface area (Å²) in [4.78, 5) is 13.2. The molecule has 0 aromatic carbocycles. The van der Waals surface area contributed by atoms with Crippen molar-refractivity contribution in [3.05, 3.63) is 0 Å². The molecule has 0 bridgehead atoms. The maximum Gasteiger partial charge on any atom is 0.410 e. The van der Waals surface area contributed by atoms with Crippen LogP contribution in [0.2, 0.25) is 0 Å². The third-order valence-electron chi connectivity index (χ3n) is 2.18. The van der Waals surface area contributed by atoms with Crippen molar-refractivity contribution in [2.45, 2.75) is 51.9 Å². The van der Waals surface area contributed by atoms with Crippen molar-refractivity contribution in [3.63, 3.8) is 0 Å². The minimum absolute atomic E-state index is 0.0658. The van der Waals surface area contributed by atoms with Gasteiger partial charge in [0, 0.05) is 26.2 Å². The molecule has 2 unspecified atom stereocenters. The van der Waals surface area contributed by atoms with Gasteiger partial charge in [-0.15, -0.1) is 0 Å². The van der Waals surface area contributed by atoms with Crippen LogP contribution in [-0.2, 0) is 4.74 Å². The highest BCUT2D eigenvalue weighted by molar-refractivity contribution is 5.67. The molecule has 0 saturated heterocycles. The van der Waals surface area contributed by atoms with Crippen LogP contribution in [0.25, 0.3) is 0 Å². The quantitative estimate of drug-likeness (QED) is 0.603. The Balaban J connectivity index is 3.83. The second-order valence-electron chi connectivity index (χ2n) is 5.68. The minimum atomic E-state index is -0.468. The van der Waals surface area contributed by atoms with E-state index in [4.69, 9.17) is 16.2 Å². The van der Waals surface area contributed by atoms with Crippen molar-refractivity contribution >= 4 is 6.09 Å². The van der Waals surface area contributed by atoms with Crippen molar-refractivity contribution in [1.29, 1.82) is 0 Å². The number of ether oxygens (including phenoxy) is 1. The lowest BCUT2D eigenvalue weighted by atomic mass is 10.2. The number of rotatable bonds is 6. The molecule has 0 radical (unpaired) electrons. The monoisotopic (exact) mass is 260 g/mol. The molecule has 0 heterocycles. The fourth-order valence-electron chi connectivity index (χ4n) is 1.33. The molecule has 18 heavy (non-hydrogen) atoms. The van der Waals surface area contributed by atoms with E-state index in [2.05, 4.69) is 5.32 Å². The van der Waals surface area contributed by atoms with E-state index in [-0.39, 0.29) is 18.3 Å². The largest absolute Gasteiger partial charge is 0.444 e. The SMILES string of the molecule is CC(N)CC(N)NCCN(C)C(=O)OC(C)(C)C. The lowest BCUT2D eigenvalue weighted by Crippen LogP contribution is -2.45. The number of carbonyl (C=O) groups is 1. The summed E-state index contributed by atoms with van der Waals surface area (Å²) in [5.74, 6) is 0. The van der Waals surface area contributed by atoms with Gasteiger partial charge in [0.1, 0.15) is 5.60 Å². The first-order valence-corrected chi connectivity index (χ1v) is 6.30. The molecule has 0 aliphatic carbocycles. The number of hydrogen-bond donors (Lipinski definition) is 3. The van der Waals surface area contributed by atoms with Gasteiger partial charge in [-0.25, -0.2) is 4.79 Å². The van der Waals surface area contributed by atoms with Gasteiger partial charge in [-0.05, 0) is 34.1 Å². The summed E-state index contributed by atoms with van der Waals surface area (Å²) >= 11 is 0. The van der Waals surface area contributed by atoms with Crippen molar-refractivity contribution in [1.82, 2.24) is 10.2 Å². The van der Waals surface area contributed by atoms with Crippen molar-refractivity contribution in [3.8, 4) is 0 Å². The molecule has 0 aromatic heterocycles. The standard InChI is InChI=1S/C12H28N4O2/c1-9(13)8-10(14)15-6-7-16(5)11(17)18-12(2,3)4/h9-10,15H,6-8,13-14H2,1-5H3. The van der Waals surface area contributed by atoms with Gasteiger partial charge in [-0.1, -0.05) is 0 Å². The van der Waals surface area contributed by atoms with Crippen LogP contribution in [0, 0.1) is 0 Å². The molecule has 0 spiro atoms. The highest BCUT2D eigenvalue weighted by Gasteiger charge is 2.19. The second-order valence-corrected chi connectivity index (χ2v) is 5.68. The normalized spacial score (nSPS) is 15.1. The number of carbonyl (C=O) groups excluding carboxylic acids is 1. The fraction of sp³-hybridized carbons (Fsp3) is 0.917. The molecular weight excluding hydrogens is 232 g/mol. The molecular formula is C12H28N4O2. The molecule has 5 N–H and O–H groups in total. The van der Waals surface area contributed by atoms with Crippen LogP contribution in [0.1, 0.15) is 34.1 Å². The highest BCUT2D eigenvalue weighted by Crippen LogP contribution is 2.08. The Bertz CT molecular complexity index is 251. The average molecular weight is 260 g/mol. The first-order chi connectivity index (χ1) is 8.11. The molecule has 0 aliphatic heterocycles. The predicted octanol–water partition coefficient (Wildman–Crippen LogP) is 0.465. The van der Waals surface area contributed by atoms with Gasteiger partial charge in [-0.3, -0.25) is 0 Å². The van der Waals surface area contributed by atoms with Gasteiger partial charge in [0.2, 0.25) is 0 Å². The molecule has 0 fully saturated rings. The topological polar surface area (TPSA) is 93.6 Å². The van der Waals surface area contributed by atoms with Crippen LogP contribution < -0.4 is 16.8 Å². The number of nitrogens with one attached hydrogen (secondary N) is 1. The molecule has 6 heteroatoms. The Morgan fingerprint density at radius 2 is 1.94 bits per heavy atom. The smallest absolute Gasteiger partial charge is 0.410 e. The number of hydrogen-bond acceptors (Lipinski definition) is 5. The molecule has 0 rings (SSSR count). The molecule has 108 valence electrons. The van der Waals surface area contributed by atoms with Gasteiger partial charge >= 0.3 is 6.09 Å². The zero-order valence-corrected chi connectivity index (χ0v) is 12.2. The number of nitrogens with two attached hydrogens (primary N) is 2. The van der Waals surface area contributed by atoms with Crippen LogP contribution in [0.3, 0.4) is 0 Å². The Labute approximate surface area is 110 Å². The third kappa shape index (κ3) is 9.21. The van der Waals surface area contributed by atoms with E-state index in [9.17, 15) is 4.79 Å². The van der Waals surface area contributed by atoms with Gasteiger partial charge in [0.05, 0.1) is 6.17 Å². The van der Waals surface area contributed by atoms with E-state index >= 15 is 0 Å². The van der Waals surface area contributed by atoms with Gasteiger partial charge < -0.3 is 26.4 Å². The van der Waals surface area contributed by atoms with E-state index in [1.165, 1.54) is 4.90 Å². The Morgan fingerprint density at radius 1 is 1.39 bits per heavy atom. The predicted molar refractivity (Wildman–Crippen MR) is 73.1 cm³/mol. The Kier molecular flexibility index (Phi) is 7.20. The van der Waals surface area contributed by atoms with E-state index in [1.54, 1.807) is 7.05 Å². The van der Waals surface area contributed by atoms with Crippen LogP contribution >= 0.6 is 0 Å². The summed E-state index contributed by atoms with van der Waals surface area (Å²) in [6.07, 6.45) is 0.234. The molecule has 0 aliphatic rings. The lowest BCUT2D eigenvalue weighted by Gasteiger charge is -2.25. The molecule has 2 atom stereocenters. The van der Waals surface area contributed by atoms with Gasteiger partial charge in [-0.2, -0.15) is 0 Å². The summed E-state index contributed by atoms with van der Waals surface area (Å²) in [6.45, 7) is 8.60. The average Bonchev–Trinajstić information content (AvgIpc) is 2.13. The lowest BCUT2D eigenvalue weighted by molar-refractivity contribution is 0.0299. The summed E-state index contributed by atoms with van der Waals surface area (Å²) in [7, 11) is 1.70. The molecule has 1 amide bonds. The number of nitrogens with zero attached hydrogens (tertiary/aromatic N) is 1. The van der Waals surface area contributed by atoms with Crippen molar-refractivity contribution < 1.29 is 9.53 Å². The van der Waals surface area contributed by atoms with Crippen molar-refractivity contribution in [2.24, 2.45) is 11.5 Å². The maximum atomic E-state index is 11.6. The van der Waals surface area contributed by atoms with Gasteiger partial charge in [0.25, 0.3) is 0 Å². The summed E-state index contributed by atoms with van der Waals surface area (Å²) in [6, 6.07) is 0.0658. The Morgan fingerprint density at radius 3 is 2.39 bits per heavy atom. The fourth-order valence-corrected chi connectivity index (χ4v) is 1.33. The Hall–Kier alpha value is -0.850. The first kappa shape index (κ1) is 17.2. The molecule has 0 saturated carbocycles. The van der Waals surface area contributed by atoms with Crippen LogP contribution in [-0.4, -0.2) is 48.9 Å². The number of likely N-dealkylation sites (N-methyl/N-ethyl adjacent to an activating group) is 1. The van der Waals surface area contributed by atoms with E-state index in [1.807, 2.05) is 27.7 Å². The molecule has 0 aromatic rings. The second kappa shape index (κ2) is 7.56. The zero-order chi connectivity index (χ0) is 14.3. The van der Waals surface area contributed by atoms with E-state index < -0.39 is 5.60 Å². The summed E-state index contributed by atoms with van der Waals surface area (Å²) < 4.78 is 5.23. The molecule has 6 nitrogen and oxygen atoms in total. The minimum Gasteiger partial charge on any atom is -0.444 e. The first-order valence-electron chi connectivity index (χ1n) is 6.30. The van der Waals surface area contributed by atoms with E-state index in [0.29, 0.717) is 19.5 Å². The number of amides is 1. The zero-order valence-electron chi connectivity index (χ0n) is 12.2. The van der Waals surface area contributed by atoms with Crippen LogP contribution in [0.4, 0.5) is 4.79 Å². The third-order valence-corrected chi connectivity index (χ3v) is 2.18. The summed E-state index contributed by atoms with van der Waals surface area (Å²) in [5, 5.41) is 3.11. The summed E-state index contributed by atoms with van der Waals surface area (Å²) in [5.41, 5.74) is 11.0. The van der Waals surface area contributed by atoms with Crippen LogP contribution in [0.5, 0.6) is 0 Å². The maximum absolute atomic E-state index is 11.6. The highest BCUT2D eigenvalue weighted by atomic mass is 16.6. The van der Waals surface area contributed by atoms with E-state index in [0.717, 1.165) is 0 Å².